The molecule has 0 atom stereocenters. The van der Waals surface area contributed by atoms with Gasteiger partial charge in [-0.3, -0.25) is 4.90 Å². The molecule has 1 heterocycles. The van der Waals surface area contributed by atoms with Gasteiger partial charge in [-0.25, -0.2) is 4.79 Å². The number of hydrogen-bond donors (Lipinski definition) is 1. The molecular formula is C36H37N5O. The Kier molecular flexibility index (Phi) is 6.77. The Morgan fingerprint density at radius 1 is 0.595 bits per heavy atom. The second kappa shape index (κ2) is 10.5. The van der Waals surface area contributed by atoms with Gasteiger partial charge in [-0.05, 0) is 59.0 Å². The average Bonchev–Trinajstić information content (AvgIpc) is 3.00. The lowest BCUT2D eigenvalue weighted by Crippen LogP contribution is -2.56. The van der Waals surface area contributed by atoms with E-state index in [1.807, 2.05) is 65.4 Å². The Balaban J connectivity index is 1.75. The molecule has 0 saturated carbocycles. The van der Waals surface area contributed by atoms with Crippen molar-refractivity contribution >= 4 is 45.2 Å². The van der Waals surface area contributed by atoms with Crippen LogP contribution in [0.5, 0.6) is 0 Å². The van der Waals surface area contributed by atoms with Gasteiger partial charge in [0.2, 0.25) is 0 Å². The topological polar surface area (TPSA) is 42.1 Å². The normalized spacial score (nSPS) is 13.9. The fourth-order valence-corrected chi connectivity index (χ4v) is 6.10. The van der Waals surface area contributed by atoms with E-state index in [1.165, 1.54) is 0 Å². The lowest BCUT2D eigenvalue weighted by Gasteiger charge is -2.49. The van der Waals surface area contributed by atoms with Crippen LogP contribution in [0, 0.1) is 0 Å². The highest BCUT2D eigenvalue weighted by atomic mass is 16.2. The fraction of sp³-hybridized carbons (Fsp3) is 0.194. The van der Waals surface area contributed by atoms with Crippen LogP contribution in [0.3, 0.4) is 0 Å². The largest absolute Gasteiger partial charge is 0.378 e. The summed E-state index contributed by atoms with van der Waals surface area (Å²) in [4.78, 5) is 22.8. The summed E-state index contributed by atoms with van der Waals surface area (Å²) in [5.74, 6) is 0. The van der Waals surface area contributed by atoms with Crippen LogP contribution < -0.4 is 24.9 Å². The van der Waals surface area contributed by atoms with Crippen molar-refractivity contribution in [3.63, 3.8) is 0 Å². The van der Waals surface area contributed by atoms with E-state index >= 15 is 0 Å². The quantitative estimate of drug-likeness (QED) is 0.237. The Bertz CT molecular complexity index is 1700. The molecule has 1 N–H and O–H groups in total. The zero-order chi connectivity index (χ0) is 29.6. The minimum atomic E-state index is -0.956. The number of benzene rings is 5. The van der Waals surface area contributed by atoms with Gasteiger partial charge in [0.05, 0.1) is 11.4 Å². The van der Waals surface area contributed by atoms with Crippen molar-refractivity contribution in [1.29, 1.82) is 0 Å². The molecule has 1 aliphatic rings. The van der Waals surface area contributed by atoms with Crippen LogP contribution in [0.1, 0.15) is 16.7 Å². The standard InChI is InChI=1S/C36H37N5O/c1-38(2)28-18-14-26(15-19-28)36(27-16-20-29(21-17-27)39(3)4)32-23-22-30(40(5)6)24-33(32)37-35(42)41(36)34-13-9-11-25-10-7-8-12-31(25)34/h7-24H,1-6H3,(H,37,42). The molecule has 0 aliphatic carbocycles. The smallest absolute Gasteiger partial charge is 0.327 e. The summed E-state index contributed by atoms with van der Waals surface area (Å²) in [6, 6.07) is 37.8. The molecule has 0 unspecified atom stereocenters. The Labute approximate surface area is 248 Å². The summed E-state index contributed by atoms with van der Waals surface area (Å²) in [5.41, 5.74) is 6.93. The Morgan fingerprint density at radius 3 is 1.69 bits per heavy atom. The highest BCUT2D eigenvalue weighted by molar-refractivity contribution is 6.12. The molecule has 1 aliphatic heterocycles. The minimum absolute atomic E-state index is 0.178. The van der Waals surface area contributed by atoms with E-state index in [0.717, 1.165) is 55.9 Å². The Morgan fingerprint density at radius 2 is 1.12 bits per heavy atom. The maximum Gasteiger partial charge on any atom is 0.327 e. The number of carbonyl (C=O) groups excluding carboxylic acids is 1. The molecule has 0 saturated heterocycles. The van der Waals surface area contributed by atoms with E-state index in [1.54, 1.807) is 0 Å². The third kappa shape index (κ3) is 4.31. The number of nitrogens with one attached hydrogen (secondary N) is 1. The highest BCUT2D eigenvalue weighted by Crippen LogP contribution is 2.52. The summed E-state index contributed by atoms with van der Waals surface area (Å²) in [6.45, 7) is 0. The number of anilines is 5. The van der Waals surface area contributed by atoms with Crippen LogP contribution in [0.4, 0.5) is 33.2 Å². The second-order valence-corrected chi connectivity index (χ2v) is 11.5. The van der Waals surface area contributed by atoms with Crippen LogP contribution in [-0.2, 0) is 5.54 Å². The SMILES string of the molecule is CN(C)c1ccc(C2(c3ccc(N(C)C)cc3)c3ccc(N(C)C)cc3NC(=O)N2c2cccc3ccccc23)cc1. The predicted molar refractivity (Wildman–Crippen MR) is 178 cm³/mol. The highest BCUT2D eigenvalue weighted by Gasteiger charge is 2.50. The van der Waals surface area contributed by atoms with Gasteiger partial charge < -0.3 is 20.0 Å². The van der Waals surface area contributed by atoms with E-state index in [9.17, 15) is 4.79 Å². The number of hydrogen-bond acceptors (Lipinski definition) is 4. The molecule has 0 aromatic heterocycles. The number of fused-ring (bicyclic) bond motifs is 2. The third-order valence-corrected chi connectivity index (χ3v) is 8.30. The molecule has 5 aromatic rings. The van der Waals surface area contributed by atoms with Crippen molar-refractivity contribution in [3.8, 4) is 0 Å². The average molecular weight is 556 g/mol. The molecule has 6 rings (SSSR count). The van der Waals surface area contributed by atoms with Crippen molar-refractivity contribution in [2.24, 2.45) is 0 Å². The van der Waals surface area contributed by atoms with E-state index in [-0.39, 0.29) is 6.03 Å². The maximum absolute atomic E-state index is 14.6. The first kappa shape index (κ1) is 27.2. The molecule has 2 amide bonds. The lowest BCUT2D eigenvalue weighted by atomic mass is 9.73. The van der Waals surface area contributed by atoms with E-state index in [0.29, 0.717) is 0 Å². The summed E-state index contributed by atoms with van der Waals surface area (Å²) in [7, 11) is 12.2. The first-order valence-corrected chi connectivity index (χ1v) is 14.2. The van der Waals surface area contributed by atoms with Crippen LogP contribution in [0.15, 0.2) is 109 Å². The van der Waals surface area contributed by atoms with Crippen molar-refractivity contribution in [2.75, 3.05) is 67.2 Å². The van der Waals surface area contributed by atoms with Crippen LogP contribution in [0.25, 0.3) is 10.8 Å². The predicted octanol–water partition coefficient (Wildman–Crippen LogP) is 7.38. The molecule has 0 radical (unpaired) electrons. The number of carbonyl (C=O) groups is 1. The first-order chi connectivity index (χ1) is 20.2. The van der Waals surface area contributed by atoms with Gasteiger partial charge in [0.25, 0.3) is 0 Å². The van der Waals surface area contributed by atoms with Gasteiger partial charge in [-0.2, -0.15) is 0 Å². The van der Waals surface area contributed by atoms with Gasteiger partial charge in [0.15, 0.2) is 0 Å². The molecule has 0 bridgehead atoms. The monoisotopic (exact) mass is 555 g/mol. The molecule has 212 valence electrons. The first-order valence-electron chi connectivity index (χ1n) is 14.2. The Hall–Kier alpha value is -4.97. The summed E-state index contributed by atoms with van der Waals surface area (Å²) >= 11 is 0. The molecule has 6 heteroatoms. The summed E-state index contributed by atoms with van der Waals surface area (Å²) in [5, 5.41) is 5.36. The van der Waals surface area contributed by atoms with Crippen LogP contribution >= 0.6 is 0 Å². The van der Waals surface area contributed by atoms with Crippen LogP contribution in [0.2, 0.25) is 0 Å². The fourth-order valence-electron chi connectivity index (χ4n) is 6.10. The molecule has 0 spiro atoms. The van der Waals surface area contributed by atoms with Crippen molar-refractivity contribution in [3.05, 3.63) is 126 Å². The number of urea groups is 1. The van der Waals surface area contributed by atoms with Gasteiger partial charge in [0.1, 0.15) is 5.54 Å². The number of rotatable bonds is 6. The van der Waals surface area contributed by atoms with Gasteiger partial charge in [-0.1, -0.05) is 66.7 Å². The van der Waals surface area contributed by atoms with Crippen LogP contribution in [-0.4, -0.2) is 48.3 Å². The van der Waals surface area contributed by atoms with E-state index < -0.39 is 5.54 Å². The number of nitrogens with zero attached hydrogens (tertiary/aromatic N) is 4. The van der Waals surface area contributed by atoms with Crippen molar-refractivity contribution in [1.82, 2.24) is 0 Å². The zero-order valence-corrected chi connectivity index (χ0v) is 25.1. The van der Waals surface area contributed by atoms with Crippen molar-refractivity contribution < 1.29 is 4.79 Å². The van der Waals surface area contributed by atoms with E-state index in [2.05, 4.69) is 111 Å². The second-order valence-electron chi connectivity index (χ2n) is 11.5. The summed E-state index contributed by atoms with van der Waals surface area (Å²) in [6.07, 6.45) is 0. The summed E-state index contributed by atoms with van der Waals surface area (Å²) < 4.78 is 0. The molecule has 6 nitrogen and oxygen atoms in total. The van der Waals surface area contributed by atoms with Crippen molar-refractivity contribution in [2.45, 2.75) is 5.54 Å². The van der Waals surface area contributed by atoms with E-state index in [4.69, 9.17) is 0 Å². The third-order valence-electron chi connectivity index (χ3n) is 8.30. The van der Waals surface area contributed by atoms with Gasteiger partial charge in [0, 0.05) is 70.3 Å². The number of amides is 2. The lowest BCUT2D eigenvalue weighted by molar-refractivity contribution is 0.252. The minimum Gasteiger partial charge on any atom is -0.378 e. The zero-order valence-electron chi connectivity index (χ0n) is 25.1. The molecule has 5 aromatic carbocycles. The maximum atomic E-state index is 14.6. The molecule has 42 heavy (non-hydrogen) atoms. The van der Waals surface area contributed by atoms with Gasteiger partial charge in [-0.15, -0.1) is 0 Å². The van der Waals surface area contributed by atoms with Gasteiger partial charge >= 0.3 is 6.03 Å². The molecular weight excluding hydrogens is 518 g/mol. The molecule has 0 fully saturated rings.